The zero-order valence-electron chi connectivity index (χ0n) is 9.75. The predicted octanol–water partition coefficient (Wildman–Crippen LogP) is 2.92. The molecular formula is C11H17O4P. The minimum atomic E-state index is -3.24. The van der Waals surface area contributed by atoms with E-state index in [-0.39, 0.29) is 6.10 Å². The number of fused-ring (bicyclic) bond motifs is 1. The average molecular weight is 244 g/mol. The highest BCUT2D eigenvalue weighted by Crippen LogP contribution is 2.58. The minimum absolute atomic E-state index is 0.00799. The van der Waals surface area contributed by atoms with E-state index >= 15 is 0 Å². The maximum absolute atomic E-state index is 12.2. The smallest absolute Gasteiger partial charge is 0.394 e. The number of ether oxygens (including phenoxy) is 1. The molecule has 0 saturated heterocycles. The van der Waals surface area contributed by atoms with E-state index < -0.39 is 7.60 Å². The number of hydrogen-bond donors (Lipinski definition) is 0. The molecule has 0 unspecified atom stereocenters. The van der Waals surface area contributed by atoms with Gasteiger partial charge in [-0.05, 0) is 24.5 Å². The van der Waals surface area contributed by atoms with Crippen LogP contribution in [-0.4, -0.2) is 20.3 Å². The lowest BCUT2D eigenvalue weighted by Gasteiger charge is -2.32. The van der Waals surface area contributed by atoms with Crippen molar-refractivity contribution < 1.29 is 18.3 Å². The minimum Gasteiger partial charge on any atom is -0.478 e. The second-order valence-electron chi connectivity index (χ2n) is 4.14. The molecule has 0 bridgehead atoms. The summed E-state index contributed by atoms with van der Waals surface area (Å²) in [6.07, 6.45) is 7.01. The standard InChI is InChI=1S/C11H17O4P/c1-8-7-11(16(12,13-2)14-3)15-10-6-4-5-9(8)10/h4,6-10H,5H2,1-3H3/t8-,9-,10+/m0/s1. The number of rotatable bonds is 3. The summed E-state index contributed by atoms with van der Waals surface area (Å²) in [5.41, 5.74) is 0.345. The predicted molar refractivity (Wildman–Crippen MR) is 61.0 cm³/mol. The Labute approximate surface area is 95.8 Å². The highest BCUT2D eigenvalue weighted by molar-refractivity contribution is 7.58. The number of allylic oxidation sites excluding steroid dienone is 2. The van der Waals surface area contributed by atoms with Gasteiger partial charge in [0.25, 0.3) is 0 Å². The third kappa shape index (κ3) is 1.86. The Bertz CT molecular complexity index is 366. The molecule has 0 radical (unpaired) electrons. The van der Waals surface area contributed by atoms with Gasteiger partial charge >= 0.3 is 7.60 Å². The maximum atomic E-state index is 12.2. The molecule has 0 aromatic rings. The number of hydrogen-bond acceptors (Lipinski definition) is 4. The van der Waals surface area contributed by atoms with Gasteiger partial charge in [0.2, 0.25) is 5.50 Å². The molecule has 2 rings (SSSR count). The van der Waals surface area contributed by atoms with Crippen molar-refractivity contribution in [1.29, 1.82) is 0 Å². The van der Waals surface area contributed by atoms with Gasteiger partial charge in [-0.3, -0.25) is 4.57 Å². The first-order valence-corrected chi connectivity index (χ1v) is 6.92. The summed E-state index contributed by atoms with van der Waals surface area (Å²) in [7, 11) is -0.497. The van der Waals surface area contributed by atoms with Crippen molar-refractivity contribution in [1.82, 2.24) is 0 Å². The fourth-order valence-electron chi connectivity index (χ4n) is 2.22. The Kier molecular flexibility index (Phi) is 3.24. The molecule has 90 valence electrons. The normalized spacial score (nSPS) is 33.2. The van der Waals surface area contributed by atoms with Crippen molar-refractivity contribution in [3.63, 3.8) is 0 Å². The summed E-state index contributed by atoms with van der Waals surface area (Å²) in [5.74, 6) is 0.772. The van der Waals surface area contributed by atoms with E-state index in [0.29, 0.717) is 17.3 Å². The molecular weight excluding hydrogens is 227 g/mol. The SMILES string of the molecule is COP(=O)(OC)C1=C[C@H](C)[C@@H]2CC=C[C@H]2O1. The lowest BCUT2D eigenvalue weighted by molar-refractivity contribution is 0.0784. The van der Waals surface area contributed by atoms with E-state index in [1.165, 1.54) is 14.2 Å². The Morgan fingerprint density at radius 1 is 1.44 bits per heavy atom. The Morgan fingerprint density at radius 3 is 2.75 bits per heavy atom. The summed E-state index contributed by atoms with van der Waals surface area (Å²) < 4.78 is 27.7. The summed E-state index contributed by atoms with van der Waals surface area (Å²) in [5, 5.41) is 0. The lowest BCUT2D eigenvalue weighted by atomic mass is 9.89. The topological polar surface area (TPSA) is 44.8 Å². The second-order valence-corrected chi connectivity index (χ2v) is 6.30. The van der Waals surface area contributed by atoms with E-state index in [1.54, 1.807) is 0 Å². The quantitative estimate of drug-likeness (QED) is 0.565. The molecule has 0 saturated carbocycles. The Hall–Kier alpha value is -0.570. The molecule has 1 heterocycles. The molecule has 0 aromatic heterocycles. The van der Waals surface area contributed by atoms with Crippen LogP contribution in [0.5, 0.6) is 0 Å². The first kappa shape index (κ1) is 11.9. The van der Waals surface area contributed by atoms with E-state index in [0.717, 1.165) is 6.42 Å². The van der Waals surface area contributed by atoms with Gasteiger partial charge in [0.1, 0.15) is 6.10 Å². The van der Waals surface area contributed by atoms with Crippen LogP contribution >= 0.6 is 7.60 Å². The van der Waals surface area contributed by atoms with Crippen LogP contribution in [0.1, 0.15) is 13.3 Å². The van der Waals surface area contributed by atoms with Crippen LogP contribution < -0.4 is 0 Å². The van der Waals surface area contributed by atoms with Crippen LogP contribution in [0, 0.1) is 11.8 Å². The van der Waals surface area contributed by atoms with Gasteiger partial charge < -0.3 is 13.8 Å². The molecule has 5 heteroatoms. The molecule has 1 aliphatic heterocycles. The van der Waals surface area contributed by atoms with Gasteiger partial charge in [0.15, 0.2) is 0 Å². The summed E-state index contributed by atoms with van der Waals surface area (Å²) in [6, 6.07) is 0. The van der Waals surface area contributed by atoms with Crippen LogP contribution in [-0.2, 0) is 18.3 Å². The fraction of sp³-hybridized carbons (Fsp3) is 0.636. The van der Waals surface area contributed by atoms with Crippen LogP contribution in [0.15, 0.2) is 23.7 Å². The monoisotopic (exact) mass is 244 g/mol. The first-order chi connectivity index (χ1) is 7.60. The Morgan fingerprint density at radius 2 is 2.12 bits per heavy atom. The van der Waals surface area contributed by atoms with Gasteiger partial charge in [-0.1, -0.05) is 13.0 Å². The second kappa shape index (κ2) is 4.36. The fourth-order valence-corrected chi connectivity index (χ4v) is 3.40. The molecule has 16 heavy (non-hydrogen) atoms. The van der Waals surface area contributed by atoms with Crippen molar-refractivity contribution in [3.05, 3.63) is 23.7 Å². The highest BCUT2D eigenvalue weighted by Gasteiger charge is 2.40. The molecule has 0 spiro atoms. The highest BCUT2D eigenvalue weighted by atomic mass is 31.2. The van der Waals surface area contributed by atoms with Crippen molar-refractivity contribution in [2.24, 2.45) is 11.8 Å². The Balaban J connectivity index is 2.26. The molecule has 1 aliphatic carbocycles. The summed E-state index contributed by atoms with van der Waals surface area (Å²) in [6.45, 7) is 2.10. The summed E-state index contributed by atoms with van der Waals surface area (Å²) in [4.78, 5) is 0. The van der Waals surface area contributed by atoms with Crippen LogP contribution in [0.25, 0.3) is 0 Å². The van der Waals surface area contributed by atoms with E-state index in [4.69, 9.17) is 13.8 Å². The van der Waals surface area contributed by atoms with E-state index in [2.05, 4.69) is 13.0 Å². The first-order valence-electron chi connectivity index (χ1n) is 5.38. The molecule has 2 aliphatic rings. The van der Waals surface area contributed by atoms with E-state index in [9.17, 15) is 4.57 Å². The van der Waals surface area contributed by atoms with Gasteiger partial charge in [0, 0.05) is 20.1 Å². The third-order valence-electron chi connectivity index (χ3n) is 3.24. The largest absolute Gasteiger partial charge is 0.478 e. The van der Waals surface area contributed by atoms with Gasteiger partial charge in [0.05, 0.1) is 0 Å². The van der Waals surface area contributed by atoms with Crippen LogP contribution in [0.2, 0.25) is 0 Å². The molecule has 3 atom stereocenters. The van der Waals surface area contributed by atoms with Crippen molar-refractivity contribution in [3.8, 4) is 0 Å². The van der Waals surface area contributed by atoms with E-state index in [1.807, 2.05) is 12.2 Å². The van der Waals surface area contributed by atoms with Crippen LogP contribution in [0.4, 0.5) is 0 Å². The zero-order chi connectivity index (χ0) is 11.8. The molecule has 0 fully saturated rings. The maximum Gasteiger partial charge on any atom is 0.394 e. The van der Waals surface area contributed by atoms with Crippen molar-refractivity contribution >= 4 is 7.60 Å². The molecule has 0 N–H and O–H groups in total. The molecule has 4 nitrogen and oxygen atoms in total. The average Bonchev–Trinajstić information content (AvgIpc) is 2.76. The van der Waals surface area contributed by atoms with Crippen LogP contribution in [0.3, 0.4) is 0 Å². The zero-order valence-corrected chi connectivity index (χ0v) is 10.6. The van der Waals surface area contributed by atoms with Crippen molar-refractivity contribution in [2.75, 3.05) is 14.2 Å². The molecule has 0 amide bonds. The van der Waals surface area contributed by atoms with Gasteiger partial charge in [-0.2, -0.15) is 0 Å². The van der Waals surface area contributed by atoms with Gasteiger partial charge in [-0.25, -0.2) is 0 Å². The lowest BCUT2D eigenvalue weighted by Crippen LogP contribution is -2.28. The third-order valence-corrected chi connectivity index (χ3v) is 5.00. The van der Waals surface area contributed by atoms with Crippen molar-refractivity contribution in [2.45, 2.75) is 19.4 Å². The van der Waals surface area contributed by atoms with Gasteiger partial charge in [-0.15, -0.1) is 0 Å². The molecule has 0 aromatic carbocycles. The summed E-state index contributed by atoms with van der Waals surface area (Å²) >= 11 is 0.